The van der Waals surface area contributed by atoms with Gasteiger partial charge in [-0.1, -0.05) is 91.0 Å². The van der Waals surface area contributed by atoms with Gasteiger partial charge < -0.3 is 0 Å². The third-order valence-electron chi connectivity index (χ3n) is 3.60. The first-order chi connectivity index (χ1) is 10.9. The summed E-state index contributed by atoms with van der Waals surface area (Å²) in [5.74, 6) is 0. The van der Waals surface area contributed by atoms with Crippen LogP contribution in [0.2, 0.25) is 0 Å². The summed E-state index contributed by atoms with van der Waals surface area (Å²) in [6, 6.07) is 30.6. The third-order valence-corrected chi connectivity index (χ3v) is 6.05. The van der Waals surface area contributed by atoms with Crippen molar-refractivity contribution in [3.63, 3.8) is 0 Å². The summed E-state index contributed by atoms with van der Waals surface area (Å²) in [6.45, 7) is 3.81. The molecule has 0 fully saturated rings. The lowest BCUT2D eigenvalue weighted by Crippen LogP contribution is -2.20. The van der Waals surface area contributed by atoms with Gasteiger partial charge in [-0.05, 0) is 35.8 Å². The highest BCUT2D eigenvalue weighted by Crippen LogP contribution is 2.32. The van der Waals surface area contributed by atoms with E-state index in [1.165, 1.54) is 21.5 Å². The van der Waals surface area contributed by atoms with Crippen LogP contribution in [0.1, 0.15) is 5.56 Å². The lowest BCUT2D eigenvalue weighted by atomic mass is 10.2. The monoisotopic (exact) mass is 302 g/mol. The molecule has 0 saturated carbocycles. The van der Waals surface area contributed by atoms with Crippen LogP contribution in [0.25, 0.3) is 0 Å². The van der Waals surface area contributed by atoms with Crippen LogP contribution < -0.4 is 15.9 Å². The Kier molecular flexibility index (Phi) is 4.83. The van der Waals surface area contributed by atoms with Crippen molar-refractivity contribution in [2.75, 3.05) is 0 Å². The molecule has 0 aliphatic carbocycles. The lowest BCUT2D eigenvalue weighted by Gasteiger charge is -2.19. The SMILES string of the molecule is C=CCc1ccc(P(c2ccccc2)c2ccccc2)cc1. The maximum absolute atomic E-state index is 3.81. The van der Waals surface area contributed by atoms with Crippen LogP contribution in [0.4, 0.5) is 0 Å². The molecule has 0 spiro atoms. The number of rotatable bonds is 5. The van der Waals surface area contributed by atoms with Crippen LogP contribution in [-0.4, -0.2) is 0 Å². The second kappa shape index (κ2) is 7.20. The van der Waals surface area contributed by atoms with Gasteiger partial charge in [0, 0.05) is 0 Å². The number of hydrogen-bond acceptors (Lipinski definition) is 0. The van der Waals surface area contributed by atoms with Crippen LogP contribution in [-0.2, 0) is 6.42 Å². The van der Waals surface area contributed by atoms with Gasteiger partial charge in [-0.15, -0.1) is 6.58 Å². The number of benzene rings is 3. The zero-order chi connectivity index (χ0) is 15.2. The van der Waals surface area contributed by atoms with Crippen molar-refractivity contribution < 1.29 is 0 Å². The minimum atomic E-state index is -0.493. The van der Waals surface area contributed by atoms with Gasteiger partial charge in [0.1, 0.15) is 0 Å². The fraction of sp³-hybridized carbons (Fsp3) is 0.0476. The molecule has 0 unspecified atom stereocenters. The highest BCUT2D eigenvalue weighted by atomic mass is 31.1. The Balaban J connectivity index is 2.04. The summed E-state index contributed by atoms with van der Waals surface area (Å²) in [5.41, 5.74) is 1.31. The predicted molar refractivity (Wildman–Crippen MR) is 99.0 cm³/mol. The molecule has 0 heterocycles. The first kappa shape index (κ1) is 14.8. The predicted octanol–water partition coefficient (Wildman–Crippen LogP) is 4.17. The molecule has 0 aliphatic rings. The Morgan fingerprint density at radius 1 is 0.636 bits per heavy atom. The van der Waals surface area contributed by atoms with Gasteiger partial charge in [-0.3, -0.25) is 0 Å². The molecule has 108 valence electrons. The van der Waals surface area contributed by atoms with Crippen molar-refractivity contribution in [3.8, 4) is 0 Å². The molecular formula is C21H19P. The van der Waals surface area contributed by atoms with E-state index in [2.05, 4.69) is 91.5 Å². The second-order valence-corrected chi connectivity index (χ2v) is 7.39. The second-order valence-electron chi connectivity index (χ2n) is 5.17. The summed E-state index contributed by atoms with van der Waals surface area (Å²) >= 11 is 0. The minimum Gasteiger partial charge on any atom is -0.103 e. The van der Waals surface area contributed by atoms with E-state index in [0.717, 1.165) is 6.42 Å². The first-order valence-electron chi connectivity index (χ1n) is 7.48. The highest BCUT2D eigenvalue weighted by Gasteiger charge is 2.15. The van der Waals surface area contributed by atoms with E-state index in [4.69, 9.17) is 0 Å². The van der Waals surface area contributed by atoms with Crippen molar-refractivity contribution >= 4 is 23.8 Å². The summed E-state index contributed by atoms with van der Waals surface area (Å²) in [5, 5.41) is 4.17. The molecule has 3 rings (SSSR count). The molecule has 0 saturated heterocycles. The Labute approximate surface area is 133 Å². The maximum Gasteiger partial charge on any atom is -0.0100 e. The van der Waals surface area contributed by atoms with E-state index in [9.17, 15) is 0 Å². The maximum atomic E-state index is 3.81. The van der Waals surface area contributed by atoms with E-state index in [0.29, 0.717) is 0 Å². The fourth-order valence-corrected chi connectivity index (χ4v) is 4.83. The molecule has 0 radical (unpaired) electrons. The highest BCUT2D eigenvalue weighted by molar-refractivity contribution is 7.79. The number of allylic oxidation sites excluding steroid dienone is 1. The molecular weight excluding hydrogens is 283 g/mol. The first-order valence-corrected chi connectivity index (χ1v) is 8.83. The van der Waals surface area contributed by atoms with Crippen LogP contribution >= 0.6 is 7.92 Å². The molecule has 0 aromatic heterocycles. The molecule has 3 aromatic rings. The molecule has 0 nitrogen and oxygen atoms in total. The Hall–Kier alpha value is -2.17. The molecule has 0 amide bonds. The molecule has 0 N–H and O–H groups in total. The van der Waals surface area contributed by atoms with E-state index >= 15 is 0 Å². The van der Waals surface area contributed by atoms with Gasteiger partial charge in [0.15, 0.2) is 0 Å². The molecule has 22 heavy (non-hydrogen) atoms. The minimum absolute atomic E-state index is 0.493. The summed E-state index contributed by atoms with van der Waals surface area (Å²) in [4.78, 5) is 0. The lowest BCUT2D eigenvalue weighted by molar-refractivity contribution is 1.28. The molecule has 3 aromatic carbocycles. The van der Waals surface area contributed by atoms with Crippen LogP contribution in [0, 0.1) is 0 Å². The third kappa shape index (κ3) is 3.35. The van der Waals surface area contributed by atoms with E-state index < -0.39 is 7.92 Å². The van der Waals surface area contributed by atoms with Gasteiger partial charge in [0.05, 0.1) is 0 Å². The topological polar surface area (TPSA) is 0 Å². The quantitative estimate of drug-likeness (QED) is 0.490. The zero-order valence-electron chi connectivity index (χ0n) is 12.5. The summed E-state index contributed by atoms with van der Waals surface area (Å²) in [7, 11) is -0.493. The molecule has 0 atom stereocenters. The van der Waals surface area contributed by atoms with Crippen LogP contribution in [0.15, 0.2) is 97.6 Å². The molecule has 1 heteroatoms. The van der Waals surface area contributed by atoms with E-state index in [1.54, 1.807) is 0 Å². The van der Waals surface area contributed by atoms with Crippen LogP contribution in [0.5, 0.6) is 0 Å². The molecule has 0 aliphatic heterocycles. The van der Waals surface area contributed by atoms with Gasteiger partial charge in [-0.2, -0.15) is 0 Å². The Morgan fingerprint density at radius 3 is 1.55 bits per heavy atom. The van der Waals surface area contributed by atoms with E-state index in [-0.39, 0.29) is 0 Å². The van der Waals surface area contributed by atoms with Crippen molar-refractivity contribution in [2.45, 2.75) is 6.42 Å². The number of hydrogen-bond donors (Lipinski definition) is 0. The average molecular weight is 302 g/mol. The van der Waals surface area contributed by atoms with Crippen molar-refractivity contribution in [1.29, 1.82) is 0 Å². The largest absolute Gasteiger partial charge is 0.103 e. The Morgan fingerprint density at radius 2 is 1.09 bits per heavy atom. The van der Waals surface area contributed by atoms with Crippen molar-refractivity contribution in [3.05, 3.63) is 103 Å². The standard InChI is InChI=1S/C21H19P/c1-2-9-18-14-16-21(17-15-18)22(19-10-5-3-6-11-19)20-12-7-4-8-13-20/h2-8,10-17H,1,9H2. The fourth-order valence-electron chi connectivity index (χ4n) is 2.55. The van der Waals surface area contributed by atoms with Gasteiger partial charge in [0.2, 0.25) is 0 Å². The molecule has 0 bridgehead atoms. The van der Waals surface area contributed by atoms with Crippen molar-refractivity contribution in [1.82, 2.24) is 0 Å². The van der Waals surface area contributed by atoms with Gasteiger partial charge >= 0.3 is 0 Å². The summed E-state index contributed by atoms with van der Waals surface area (Å²) < 4.78 is 0. The zero-order valence-corrected chi connectivity index (χ0v) is 13.4. The van der Waals surface area contributed by atoms with Gasteiger partial charge in [-0.25, -0.2) is 0 Å². The van der Waals surface area contributed by atoms with E-state index in [1.807, 2.05) is 6.08 Å². The average Bonchev–Trinajstić information content (AvgIpc) is 2.59. The van der Waals surface area contributed by atoms with Gasteiger partial charge in [0.25, 0.3) is 0 Å². The normalized spacial score (nSPS) is 10.6. The smallest absolute Gasteiger partial charge is 0.0100 e. The van der Waals surface area contributed by atoms with Crippen molar-refractivity contribution in [2.24, 2.45) is 0 Å². The summed E-state index contributed by atoms with van der Waals surface area (Å²) in [6.07, 6.45) is 2.88. The van der Waals surface area contributed by atoms with Crippen LogP contribution in [0.3, 0.4) is 0 Å². The Bertz CT molecular complexity index is 675.